The predicted octanol–water partition coefficient (Wildman–Crippen LogP) is 2.34. The van der Waals surface area contributed by atoms with Gasteiger partial charge in [0.15, 0.2) is 11.6 Å². The molecule has 6 heteroatoms. The molecule has 0 unspecified atom stereocenters. The zero-order valence-corrected chi connectivity index (χ0v) is 12.4. The molecule has 0 spiro atoms. The number of rotatable bonds is 4. The van der Waals surface area contributed by atoms with Gasteiger partial charge in [-0.25, -0.2) is 4.68 Å². The van der Waals surface area contributed by atoms with Crippen molar-refractivity contribution in [3.05, 3.63) is 48.5 Å². The molecule has 1 heterocycles. The van der Waals surface area contributed by atoms with Crippen LogP contribution in [-0.4, -0.2) is 29.1 Å². The second kappa shape index (κ2) is 5.77. The van der Waals surface area contributed by atoms with Crippen molar-refractivity contribution in [2.75, 3.05) is 20.1 Å². The Morgan fingerprint density at radius 1 is 0.727 bits per heavy atom. The number of methoxy groups -OCH3 is 2. The summed E-state index contributed by atoms with van der Waals surface area (Å²) in [5, 5.41) is 8.35. The SMILES string of the molecule is COc1ccc(-c2nnc(-c3ccc(OC)cc3)n2N)cc1. The molecule has 1 aromatic heterocycles. The van der Waals surface area contributed by atoms with Gasteiger partial charge in [-0.15, -0.1) is 10.2 Å². The number of ether oxygens (including phenoxy) is 2. The number of hydrogen-bond donors (Lipinski definition) is 1. The van der Waals surface area contributed by atoms with E-state index in [1.165, 1.54) is 4.68 Å². The van der Waals surface area contributed by atoms with Gasteiger partial charge in [-0.2, -0.15) is 0 Å². The Labute approximate surface area is 128 Å². The van der Waals surface area contributed by atoms with Crippen LogP contribution in [0, 0.1) is 0 Å². The fraction of sp³-hybridized carbons (Fsp3) is 0.125. The fourth-order valence-electron chi connectivity index (χ4n) is 2.17. The number of hydrogen-bond acceptors (Lipinski definition) is 5. The second-order valence-electron chi connectivity index (χ2n) is 4.67. The summed E-state index contributed by atoms with van der Waals surface area (Å²) in [7, 11) is 3.25. The van der Waals surface area contributed by atoms with Gasteiger partial charge >= 0.3 is 0 Å². The molecule has 2 N–H and O–H groups in total. The molecule has 0 saturated heterocycles. The van der Waals surface area contributed by atoms with E-state index in [4.69, 9.17) is 15.3 Å². The normalized spacial score (nSPS) is 10.5. The first kappa shape index (κ1) is 13.9. The highest BCUT2D eigenvalue weighted by atomic mass is 16.5. The minimum Gasteiger partial charge on any atom is -0.497 e. The summed E-state index contributed by atoms with van der Waals surface area (Å²) < 4.78 is 11.8. The third-order valence-electron chi connectivity index (χ3n) is 3.39. The second-order valence-corrected chi connectivity index (χ2v) is 4.67. The first-order valence-corrected chi connectivity index (χ1v) is 6.72. The van der Waals surface area contributed by atoms with E-state index >= 15 is 0 Å². The fourth-order valence-corrected chi connectivity index (χ4v) is 2.17. The molecule has 0 atom stereocenters. The maximum absolute atomic E-state index is 6.14. The van der Waals surface area contributed by atoms with E-state index in [2.05, 4.69) is 10.2 Å². The smallest absolute Gasteiger partial charge is 0.182 e. The van der Waals surface area contributed by atoms with Crippen molar-refractivity contribution in [2.45, 2.75) is 0 Å². The Balaban J connectivity index is 1.96. The first-order valence-electron chi connectivity index (χ1n) is 6.72. The van der Waals surface area contributed by atoms with Crippen molar-refractivity contribution in [3.63, 3.8) is 0 Å². The average molecular weight is 296 g/mol. The lowest BCUT2D eigenvalue weighted by Gasteiger charge is -2.06. The summed E-state index contributed by atoms with van der Waals surface area (Å²) >= 11 is 0. The van der Waals surface area contributed by atoms with Crippen molar-refractivity contribution in [1.82, 2.24) is 14.9 Å². The van der Waals surface area contributed by atoms with E-state index in [9.17, 15) is 0 Å². The van der Waals surface area contributed by atoms with Gasteiger partial charge in [-0.05, 0) is 48.5 Å². The van der Waals surface area contributed by atoms with Crippen molar-refractivity contribution in [2.24, 2.45) is 0 Å². The lowest BCUT2D eigenvalue weighted by atomic mass is 10.2. The van der Waals surface area contributed by atoms with Crippen LogP contribution in [0.4, 0.5) is 0 Å². The van der Waals surface area contributed by atoms with E-state index in [0.29, 0.717) is 11.6 Å². The Kier molecular flexibility index (Phi) is 3.65. The zero-order chi connectivity index (χ0) is 15.5. The Morgan fingerprint density at radius 3 is 1.41 bits per heavy atom. The number of nitrogens with zero attached hydrogens (tertiary/aromatic N) is 3. The minimum absolute atomic E-state index is 0.591. The number of nitrogen functional groups attached to an aromatic ring is 1. The van der Waals surface area contributed by atoms with Gasteiger partial charge in [0.25, 0.3) is 0 Å². The molecule has 0 bridgehead atoms. The molecule has 22 heavy (non-hydrogen) atoms. The maximum atomic E-state index is 6.14. The predicted molar refractivity (Wildman–Crippen MR) is 84.1 cm³/mol. The summed E-state index contributed by atoms with van der Waals surface area (Å²) in [5.41, 5.74) is 1.74. The van der Waals surface area contributed by atoms with Gasteiger partial charge in [0, 0.05) is 11.1 Å². The largest absolute Gasteiger partial charge is 0.497 e. The summed E-state index contributed by atoms with van der Waals surface area (Å²) in [6, 6.07) is 15.0. The molecule has 112 valence electrons. The van der Waals surface area contributed by atoms with E-state index < -0.39 is 0 Å². The molecule has 6 nitrogen and oxygen atoms in total. The minimum atomic E-state index is 0.591. The molecule has 0 aliphatic rings. The number of benzene rings is 2. The molecule has 0 amide bonds. The van der Waals surface area contributed by atoms with E-state index in [0.717, 1.165) is 22.6 Å². The quantitative estimate of drug-likeness (QED) is 0.748. The van der Waals surface area contributed by atoms with Gasteiger partial charge in [-0.3, -0.25) is 0 Å². The van der Waals surface area contributed by atoms with Crippen molar-refractivity contribution in [1.29, 1.82) is 0 Å². The Morgan fingerprint density at radius 2 is 1.09 bits per heavy atom. The number of aromatic nitrogens is 3. The van der Waals surface area contributed by atoms with Crippen LogP contribution in [0.15, 0.2) is 48.5 Å². The Bertz CT molecular complexity index is 699. The van der Waals surface area contributed by atoms with Crippen molar-refractivity contribution < 1.29 is 9.47 Å². The summed E-state index contributed by atoms with van der Waals surface area (Å²) in [6.45, 7) is 0. The monoisotopic (exact) mass is 296 g/mol. The molecule has 3 rings (SSSR count). The number of nitrogens with two attached hydrogens (primary N) is 1. The van der Waals surface area contributed by atoms with Crippen LogP contribution < -0.4 is 15.3 Å². The van der Waals surface area contributed by atoms with E-state index in [1.807, 2.05) is 48.5 Å². The molecular weight excluding hydrogens is 280 g/mol. The molecular formula is C16H16N4O2. The molecule has 0 saturated carbocycles. The molecule has 0 radical (unpaired) electrons. The van der Waals surface area contributed by atoms with Gasteiger partial charge in [0.05, 0.1) is 14.2 Å². The van der Waals surface area contributed by atoms with Gasteiger partial charge in [0.1, 0.15) is 11.5 Å². The van der Waals surface area contributed by atoms with Gasteiger partial charge in [0.2, 0.25) is 0 Å². The van der Waals surface area contributed by atoms with Crippen LogP contribution >= 0.6 is 0 Å². The summed E-state index contributed by atoms with van der Waals surface area (Å²) in [6.07, 6.45) is 0. The van der Waals surface area contributed by atoms with E-state index in [1.54, 1.807) is 14.2 Å². The van der Waals surface area contributed by atoms with Crippen LogP contribution in [0.3, 0.4) is 0 Å². The van der Waals surface area contributed by atoms with Crippen LogP contribution in [0.25, 0.3) is 22.8 Å². The topological polar surface area (TPSA) is 75.2 Å². The van der Waals surface area contributed by atoms with Crippen molar-refractivity contribution in [3.8, 4) is 34.3 Å². The molecule has 0 aliphatic heterocycles. The standard InChI is InChI=1S/C16H16N4O2/c1-21-13-7-3-11(4-8-13)15-18-19-16(20(15)17)12-5-9-14(22-2)10-6-12/h3-10H,17H2,1-2H3. The van der Waals surface area contributed by atoms with Crippen LogP contribution in [-0.2, 0) is 0 Å². The summed E-state index contributed by atoms with van der Waals surface area (Å²) in [5.74, 6) is 8.88. The molecule has 2 aromatic carbocycles. The molecule has 0 aliphatic carbocycles. The third kappa shape index (κ3) is 2.46. The summed E-state index contributed by atoms with van der Waals surface area (Å²) in [4.78, 5) is 0. The van der Waals surface area contributed by atoms with Gasteiger partial charge < -0.3 is 15.3 Å². The lowest BCUT2D eigenvalue weighted by molar-refractivity contribution is 0.415. The lowest BCUT2D eigenvalue weighted by Crippen LogP contribution is -2.11. The van der Waals surface area contributed by atoms with Gasteiger partial charge in [-0.1, -0.05) is 0 Å². The molecule has 0 fully saturated rings. The van der Waals surface area contributed by atoms with Crippen LogP contribution in [0.5, 0.6) is 11.5 Å². The highest BCUT2D eigenvalue weighted by Crippen LogP contribution is 2.25. The Hall–Kier alpha value is -3.02. The maximum Gasteiger partial charge on any atom is 0.182 e. The highest BCUT2D eigenvalue weighted by molar-refractivity contribution is 5.63. The third-order valence-corrected chi connectivity index (χ3v) is 3.39. The van der Waals surface area contributed by atoms with E-state index in [-0.39, 0.29) is 0 Å². The highest BCUT2D eigenvalue weighted by Gasteiger charge is 2.13. The van der Waals surface area contributed by atoms with Crippen molar-refractivity contribution >= 4 is 0 Å². The van der Waals surface area contributed by atoms with Crippen LogP contribution in [0.1, 0.15) is 0 Å². The molecule has 3 aromatic rings. The zero-order valence-electron chi connectivity index (χ0n) is 12.4. The average Bonchev–Trinajstić information content (AvgIpc) is 2.96. The van der Waals surface area contributed by atoms with Crippen LogP contribution in [0.2, 0.25) is 0 Å². The first-order chi connectivity index (χ1) is 10.7.